The van der Waals surface area contributed by atoms with Gasteiger partial charge in [-0.3, -0.25) is 9.59 Å². The van der Waals surface area contributed by atoms with E-state index in [0.29, 0.717) is 6.42 Å². The van der Waals surface area contributed by atoms with Gasteiger partial charge in [0.15, 0.2) is 5.75 Å². The molecule has 0 aliphatic heterocycles. The summed E-state index contributed by atoms with van der Waals surface area (Å²) in [7, 11) is 0. The van der Waals surface area contributed by atoms with Crippen molar-refractivity contribution in [2.75, 3.05) is 0 Å². The van der Waals surface area contributed by atoms with E-state index in [-0.39, 0.29) is 17.1 Å². The van der Waals surface area contributed by atoms with Crippen molar-refractivity contribution in [2.24, 2.45) is 5.41 Å². The highest BCUT2D eigenvalue weighted by molar-refractivity contribution is 5.78. The first-order valence-electron chi connectivity index (χ1n) is 12.3. The molecule has 0 aliphatic carbocycles. The SMILES string of the molecule is CCCCCCCCCCCCCCn1ccc(=O)c(OC(=O)C(C)(C)C)c1CC. The molecule has 1 heterocycles. The van der Waals surface area contributed by atoms with E-state index in [1.807, 2.05) is 13.1 Å². The van der Waals surface area contributed by atoms with Gasteiger partial charge in [-0.1, -0.05) is 84.5 Å². The summed E-state index contributed by atoms with van der Waals surface area (Å²) in [5.74, 6) is -0.156. The number of unbranched alkanes of at least 4 members (excludes halogenated alkanes) is 11. The lowest BCUT2D eigenvalue weighted by molar-refractivity contribution is -0.143. The molecule has 0 amide bonds. The highest BCUT2D eigenvalue weighted by Gasteiger charge is 2.26. The van der Waals surface area contributed by atoms with Gasteiger partial charge in [-0.15, -0.1) is 0 Å². The third-order valence-electron chi connectivity index (χ3n) is 5.63. The van der Waals surface area contributed by atoms with Crippen molar-refractivity contribution >= 4 is 5.97 Å². The number of carbonyl (C=O) groups excluding carboxylic acids is 1. The molecule has 4 nitrogen and oxygen atoms in total. The van der Waals surface area contributed by atoms with Crippen LogP contribution in [-0.2, 0) is 17.8 Å². The Morgan fingerprint density at radius 3 is 1.83 bits per heavy atom. The average Bonchev–Trinajstić information content (AvgIpc) is 2.70. The fourth-order valence-corrected chi connectivity index (χ4v) is 3.65. The second-order valence-electron chi connectivity index (χ2n) is 9.53. The molecule has 0 saturated heterocycles. The lowest BCUT2D eigenvalue weighted by Gasteiger charge is -2.20. The van der Waals surface area contributed by atoms with Crippen LogP contribution in [0.3, 0.4) is 0 Å². The number of aromatic nitrogens is 1. The minimum Gasteiger partial charge on any atom is -0.420 e. The van der Waals surface area contributed by atoms with Crippen LogP contribution in [0.4, 0.5) is 0 Å². The molecule has 172 valence electrons. The Kier molecular flexibility index (Phi) is 12.7. The fourth-order valence-electron chi connectivity index (χ4n) is 3.65. The Hall–Kier alpha value is -1.58. The molecule has 4 heteroatoms. The summed E-state index contributed by atoms with van der Waals surface area (Å²) in [6, 6.07) is 1.52. The summed E-state index contributed by atoms with van der Waals surface area (Å²) in [6.07, 6.45) is 18.4. The van der Waals surface area contributed by atoms with E-state index in [4.69, 9.17) is 4.74 Å². The number of esters is 1. The van der Waals surface area contributed by atoms with Crippen molar-refractivity contribution in [1.29, 1.82) is 0 Å². The second kappa shape index (κ2) is 14.4. The molecule has 0 atom stereocenters. The van der Waals surface area contributed by atoms with E-state index in [1.165, 1.54) is 76.7 Å². The Bertz CT molecular complexity index is 670. The normalized spacial score (nSPS) is 11.6. The maximum absolute atomic E-state index is 12.3. The molecule has 1 rings (SSSR count). The molecule has 0 radical (unpaired) electrons. The van der Waals surface area contributed by atoms with E-state index in [2.05, 4.69) is 11.5 Å². The van der Waals surface area contributed by atoms with Crippen LogP contribution < -0.4 is 10.2 Å². The van der Waals surface area contributed by atoms with Gasteiger partial charge in [0.2, 0.25) is 5.43 Å². The topological polar surface area (TPSA) is 48.3 Å². The predicted molar refractivity (Wildman–Crippen MR) is 126 cm³/mol. The number of rotatable bonds is 15. The van der Waals surface area contributed by atoms with Crippen molar-refractivity contribution in [3.8, 4) is 5.75 Å². The smallest absolute Gasteiger partial charge is 0.316 e. The molecule has 0 unspecified atom stereocenters. The van der Waals surface area contributed by atoms with E-state index in [0.717, 1.165) is 18.7 Å². The van der Waals surface area contributed by atoms with Gasteiger partial charge in [-0.05, 0) is 33.6 Å². The summed E-state index contributed by atoms with van der Waals surface area (Å²) < 4.78 is 7.60. The van der Waals surface area contributed by atoms with Crippen LogP contribution in [0.1, 0.15) is 117 Å². The van der Waals surface area contributed by atoms with Gasteiger partial charge in [0, 0.05) is 18.8 Å². The van der Waals surface area contributed by atoms with Gasteiger partial charge in [-0.25, -0.2) is 0 Å². The van der Waals surface area contributed by atoms with Gasteiger partial charge in [0.25, 0.3) is 0 Å². The van der Waals surface area contributed by atoms with Crippen LogP contribution in [-0.4, -0.2) is 10.5 Å². The maximum Gasteiger partial charge on any atom is 0.316 e. The fraction of sp³-hybridized carbons (Fsp3) is 0.769. The molecular weight excluding hydrogens is 374 g/mol. The number of hydrogen-bond donors (Lipinski definition) is 0. The molecule has 0 aromatic carbocycles. The quantitative estimate of drug-likeness (QED) is 0.226. The minimum atomic E-state index is -0.631. The largest absolute Gasteiger partial charge is 0.420 e. The molecule has 1 aromatic heterocycles. The number of aryl methyl sites for hydroxylation is 1. The Morgan fingerprint density at radius 1 is 0.867 bits per heavy atom. The van der Waals surface area contributed by atoms with E-state index >= 15 is 0 Å². The number of nitrogens with zero attached hydrogens (tertiary/aromatic N) is 1. The standard InChI is InChI=1S/C26H45NO3/c1-6-8-9-10-11-12-13-14-15-16-17-18-20-27-21-19-23(28)24(22(27)7-2)30-25(29)26(3,4)5/h19,21H,6-18,20H2,1-5H3. The van der Waals surface area contributed by atoms with Crippen molar-refractivity contribution in [3.05, 3.63) is 28.2 Å². The van der Waals surface area contributed by atoms with Crippen LogP contribution in [0.2, 0.25) is 0 Å². The lowest BCUT2D eigenvalue weighted by Crippen LogP contribution is -2.29. The third-order valence-corrected chi connectivity index (χ3v) is 5.63. The first-order chi connectivity index (χ1) is 14.3. The molecule has 0 spiro atoms. The van der Waals surface area contributed by atoms with Gasteiger partial charge in [0.1, 0.15) is 0 Å². The minimum absolute atomic E-state index is 0.207. The number of pyridine rings is 1. The van der Waals surface area contributed by atoms with Crippen molar-refractivity contribution in [2.45, 2.75) is 125 Å². The monoisotopic (exact) mass is 419 g/mol. The number of ether oxygens (including phenoxy) is 1. The molecule has 1 aromatic rings. The van der Waals surface area contributed by atoms with E-state index < -0.39 is 5.41 Å². The molecular formula is C26H45NO3. The van der Waals surface area contributed by atoms with Crippen LogP contribution in [0.25, 0.3) is 0 Å². The summed E-state index contributed by atoms with van der Waals surface area (Å²) in [5, 5.41) is 0. The van der Waals surface area contributed by atoms with E-state index in [9.17, 15) is 9.59 Å². The molecule has 0 N–H and O–H groups in total. The highest BCUT2D eigenvalue weighted by Crippen LogP contribution is 2.21. The van der Waals surface area contributed by atoms with E-state index in [1.54, 1.807) is 20.8 Å². The summed E-state index contributed by atoms with van der Waals surface area (Å²) >= 11 is 0. The zero-order chi connectivity index (χ0) is 22.4. The van der Waals surface area contributed by atoms with Crippen LogP contribution in [0, 0.1) is 5.41 Å². The maximum atomic E-state index is 12.3. The Balaban J connectivity index is 2.38. The van der Waals surface area contributed by atoms with Crippen LogP contribution in [0.15, 0.2) is 17.1 Å². The first kappa shape index (κ1) is 26.5. The van der Waals surface area contributed by atoms with Gasteiger partial charge >= 0.3 is 5.97 Å². The summed E-state index contributed by atoms with van der Waals surface area (Å²) in [4.78, 5) is 24.6. The molecule has 0 saturated carbocycles. The Labute approximate surface area is 184 Å². The van der Waals surface area contributed by atoms with Crippen molar-refractivity contribution in [1.82, 2.24) is 4.57 Å². The molecule has 0 fully saturated rings. The van der Waals surface area contributed by atoms with Crippen molar-refractivity contribution in [3.63, 3.8) is 0 Å². The number of hydrogen-bond acceptors (Lipinski definition) is 3. The lowest BCUT2D eigenvalue weighted by atomic mass is 9.97. The predicted octanol–water partition coefficient (Wildman–Crippen LogP) is 7.06. The zero-order valence-electron chi connectivity index (χ0n) is 20.2. The molecule has 0 bridgehead atoms. The zero-order valence-corrected chi connectivity index (χ0v) is 20.2. The first-order valence-corrected chi connectivity index (χ1v) is 12.3. The van der Waals surface area contributed by atoms with Crippen molar-refractivity contribution < 1.29 is 9.53 Å². The summed E-state index contributed by atoms with van der Waals surface area (Å²) in [6.45, 7) is 10.5. The summed E-state index contributed by atoms with van der Waals surface area (Å²) in [5.41, 5.74) is -0.0215. The average molecular weight is 420 g/mol. The highest BCUT2D eigenvalue weighted by atomic mass is 16.5. The van der Waals surface area contributed by atoms with Crippen LogP contribution in [0.5, 0.6) is 5.75 Å². The van der Waals surface area contributed by atoms with Gasteiger partial charge < -0.3 is 9.30 Å². The third kappa shape index (κ3) is 9.95. The van der Waals surface area contributed by atoms with Crippen LogP contribution >= 0.6 is 0 Å². The number of carbonyl (C=O) groups is 1. The second-order valence-corrected chi connectivity index (χ2v) is 9.53. The van der Waals surface area contributed by atoms with Gasteiger partial charge in [-0.2, -0.15) is 0 Å². The van der Waals surface area contributed by atoms with Gasteiger partial charge in [0.05, 0.1) is 11.1 Å². The molecule has 30 heavy (non-hydrogen) atoms. The molecule has 0 aliphatic rings. The Morgan fingerprint density at radius 2 is 1.37 bits per heavy atom.